The van der Waals surface area contributed by atoms with Crippen LogP contribution < -0.4 is 0 Å². The average Bonchev–Trinajstić information content (AvgIpc) is 2.32. The van der Waals surface area contributed by atoms with Gasteiger partial charge in [-0.3, -0.25) is 4.79 Å². The molecule has 0 aliphatic carbocycles. The fraction of sp³-hybridized carbons (Fsp3) is 0.938. The number of Topliss-reactive ketones (excluding diaryl/α,β-unsaturated/α-hetero) is 1. The van der Waals surface area contributed by atoms with E-state index in [4.69, 9.17) is 4.74 Å². The molecule has 0 aromatic heterocycles. The Morgan fingerprint density at radius 2 is 1.78 bits per heavy atom. The zero-order valence-electron chi connectivity index (χ0n) is 13.4. The summed E-state index contributed by atoms with van der Waals surface area (Å²) in [5.74, 6) is 0.815. The first kappa shape index (κ1) is 15.7. The lowest BCUT2D eigenvalue weighted by Gasteiger charge is -2.30. The zero-order chi connectivity index (χ0) is 14.4. The monoisotopic (exact) mass is 254 g/mol. The molecule has 0 spiro atoms. The number of ether oxygens (including phenoxy) is 1. The highest BCUT2D eigenvalue weighted by atomic mass is 16.5. The Kier molecular flexibility index (Phi) is 4.03. The van der Waals surface area contributed by atoms with Crippen molar-refractivity contribution in [2.45, 2.75) is 79.4 Å². The SMILES string of the molecule is CC(CC(=O)C1CC(C)(C)OC1(C)C)C(C)(C)C. The van der Waals surface area contributed by atoms with Crippen LogP contribution in [0.2, 0.25) is 0 Å². The highest BCUT2D eigenvalue weighted by Crippen LogP contribution is 2.43. The Bertz CT molecular complexity index is 320. The van der Waals surface area contributed by atoms with Gasteiger partial charge in [-0.15, -0.1) is 0 Å². The minimum atomic E-state index is -0.321. The number of ketones is 1. The average molecular weight is 254 g/mol. The molecule has 0 radical (unpaired) electrons. The summed E-state index contributed by atoms with van der Waals surface area (Å²) in [6, 6.07) is 0. The normalized spacial score (nSPS) is 28.1. The summed E-state index contributed by atoms with van der Waals surface area (Å²) in [6.07, 6.45) is 1.51. The van der Waals surface area contributed by atoms with Gasteiger partial charge in [0.25, 0.3) is 0 Å². The molecule has 18 heavy (non-hydrogen) atoms. The Balaban J connectivity index is 2.74. The number of rotatable bonds is 3. The Morgan fingerprint density at radius 3 is 2.11 bits per heavy atom. The van der Waals surface area contributed by atoms with Crippen molar-refractivity contribution in [3.63, 3.8) is 0 Å². The van der Waals surface area contributed by atoms with Gasteiger partial charge in [0.1, 0.15) is 5.78 Å². The number of hydrogen-bond acceptors (Lipinski definition) is 2. The molecule has 2 atom stereocenters. The van der Waals surface area contributed by atoms with Crippen molar-refractivity contribution in [2.24, 2.45) is 17.3 Å². The topological polar surface area (TPSA) is 26.3 Å². The third kappa shape index (κ3) is 3.57. The smallest absolute Gasteiger partial charge is 0.139 e. The van der Waals surface area contributed by atoms with Crippen molar-refractivity contribution in [1.82, 2.24) is 0 Å². The fourth-order valence-electron chi connectivity index (χ4n) is 2.81. The van der Waals surface area contributed by atoms with E-state index in [-0.39, 0.29) is 22.5 Å². The summed E-state index contributed by atoms with van der Waals surface area (Å²) in [7, 11) is 0. The van der Waals surface area contributed by atoms with Crippen molar-refractivity contribution in [3.8, 4) is 0 Å². The van der Waals surface area contributed by atoms with E-state index in [0.29, 0.717) is 18.1 Å². The first-order valence-corrected chi connectivity index (χ1v) is 7.08. The lowest BCUT2D eigenvalue weighted by molar-refractivity contribution is -0.131. The maximum absolute atomic E-state index is 12.5. The molecule has 0 bridgehead atoms. The van der Waals surface area contributed by atoms with E-state index in [9.17, 15) is 4.79 Å². The Labute approximate surface area is 112 Å². The molecule has 0 aromatic carbocycles. The lowest BCUT2D eigenvalue weighted by atomic mass is 9.75. The van der Waals surface area contributed by atoms with Crippen LogP contribution in [0.1, 0.15) is 68.2 Å². The first-order chi connectivity index (χ1) is 7.85. The van der Waals surface area contributed by atoms with Crippen LogP contribution in [0.3, 0.4) is 0 Å². The van der Waals surface area contributed by atoms with Gasteiger partial charge in [-0.1, -0.05) is 27.7 Å². The molecule has 1 aliphatic heterocycles. The molecule has 2 unspecified atom stereocenters. The molecule has 0 amide bonds. The van der Waals surface area contributed by atoms with E-state index in [1.54, 1.807) is 0 Å². The molecule has 1 heterocycles. The maximum Gasteiger partial charge on any atom is 0.139 e. The van der Waals surface area contributed by atoms with Crippen molar-refractivity contribution in [2.75, 3.05) is 0 Å². The molecule has 2 nitrogen and oxygen atoms in total. The molecule has 106 valence electrons. The van der Waals surface area contributed by atoms with Gasteiger partial charge in [0.05, 0.1) is 11.2 Å². The van der Waals surface area contributed by atoms with Crippen molar-refractivity contribution < 1.29 is 9.53 Å². The van der Waals surface area contributed by atoms with Crippen LogP contribution in [0.15, 0.2) is 0 Å². The van der Waals surface area contributed by atoms with Crippen LogP contribution in [-0.2, 0) is 9.53 Å². The van der Waals surface area contributed by atoms with Crippen LogP contribution in [0.5, 0.6) is 0 Å². The summed E-state index contributed by atoms with van der Waals surface area (Å²) >= 11 is 0. The zero-order valence-corrected chi connectivity index (χ0v) is 13.4. The second kappa shape index (κ2) is 4.63. The fourth-order valence-corrected chi connectivity index (χ4v) is 2.81. The van der Waals surface area contributed by atoms with E-state index in [1.807, 2.05) is 13.8 Å². The van der Waals surface area contributed by atoms with Gasteiger partial charge in [0, 0.05) is 12.3 Å². The minimum absolute atomic E-state index is 0.0392. The van der Waals surface area contributed by atoms with Crippen LogP contribution in [-0.4, -0.2) is 17.0 Å². The highest BCUT2D eigenvalue weighted by molar-refractivity contribution is 5.82. The predicted octanol–water partition coefficient (Wildman–Crippen LogP) is 4.22. The van der Waals surface area contributed by atoms with Gasteiger partial charge in [-0.25, -0.2) is 0 Å². The van der Waals surface area contributed by atoms with Gasteiger partial charge < -0.3 is 4.74 Å². The standard InChI is InChI=1S/C16H30O2/c1-11(14(2,3)4)9-13(17)12-10-15(5,6)18-16(12,7)8/h11-12H,9-10H2,1-8H3. The molecule has 1 fully saturated rings. The number of carbonyl (C=O) groups is 1. The van der Waals surface area contributed by atoms with E-state index in [2.05, 4.69) is 41.5 Å². The Morgan fingerprint density at radius 1 is 1.28 bits per heavy atom. The van der Waals surface area contributed by atoms with E-state index < -0.39 is 0 Å². The summed E-state index contributed by atoms with van der Waals surface area (Å²) in [6.45, 7) is 17.0. The summed E-state index contributed by atoms with van der Waals surface area (Å²) in [5.41, 5.74) is -0.304. The molecule has 2 heteroatoms. The predicted molar refractivity (Wildman–Crippen MR) is 75.6 cm³/mol. The molecular formula is C16H30O2. The second-order valence-corrected chi connectivity index (χ2v) is 8.16. The van der Waals surface area contributed by atoms with Gasteiger partial charge in [-0.05, 0) is 45.4 Å². The third-order valence-corrected chi connectivity index (χ3v) is 4.45. The van der Waals surface area contributed by atoms with Crippen molar-refractivity contribution in [3.05, 3.63) is 0 Å². The van der Waals surface area contributed by atoms with Gasteiger partial charge in [0.15, 0.2) is 0 Å². The molecule has 0 aromatic rings. The highest BCUT2D eigenvalue weighted by Gasteiger charge is 2.49. The molecule has 1 aliphatic rings. The van der Waals surface area contributed by atoms with E-state index in [1.165, 1.54) is 0 Å². The van der Waals surface area contributed by atoms with Gasteiger partial charge in [0.2, 0.25) is 0 Å². The first-order valence-electron chi connectivity index (χ1n) is 7.08. The molecule has 1 saturated heterocycles. The van der Waals surface area contributed by atoms with Crippen LogP contribution >= 0.6 is 0 Å². The largest absolute Gasteiger partial charge is 0.369 e. The summed E-state index contributed by atoms with van der Waals surface area (Å²) in [4.78, 5) is 12.5. The van der Waals surface area contributed by atoms with Crippen LogP contribution in [0, 0.1) is 17.3 Å². The van der Waals surface area contributed by atoms with E-state index in [0.717, 1.165) is 6.42 Å². The summed E-state index contributed by atoms with van der Waals surface area (Å²) < 4.78 is 6.02. The number of carbonyl (C=O) groups excluding carboxylic acids is 1. The second-order valence-electron chi connectivity index (χ2n) is 8.16. The molecular weight excluding hydrogens is 224 g/mol. The molecule has 1 rings (SSSR count). The van der Waals surface area contributed by atoms with E-state index >= 15 is 0 Å². The Hall–Kier alpha value is -0.370. The molecule has 0 N–H and O–H groups in total. The van der Waals surface area contributed by atoms with Gasteiger partial charge in [-0.2, -0.15) is 0 Å². The molecule has 0 saturated carbocycles. The maximum atomic E-state index is 12.5. The van der Waals surface area contributed by atoms with Gasteiger partial charge >= 0.3 is 0 Å². The van der Waals surface area contributed by atoms with Crippen molar-refractivity contribution >= 4 is 5.78 Å². The lowest BCUT2D eigenvalue weighted by Crippen LogP contribution is -2.35. The van der Waals surface area contributed by atoms with Crippen LogP contribution in [0.4, 0.5) is 0 Å². The van der Waals surface area contributed by atoms with Crippen molar-refractivity contribution in [1.29, 1.82) is 0 Å². The summed E-state index contributed by atoms with van der Waals surface area (Å²) in [5, 5.41) is 0. The van der Waals surface area contributed by atoms with Crippen LogP contribution in [0.25, 0.3) is 0 Å². The third-order valence-electron chi connectivity index (χ3n) is 4.45. The minimum Gasteiger partial charge on any atom is -0.369 e. The number of hydrogen-bond donors (Lipinski definition) is 0. The quantitative estimate of drug-likeness (QED) is 0.753.